The Morgan fingerprint density at radius 2 is 1.48 bits per heavy atom. The Balaban J connectivity index is 0.000000392. The molecule has 0 aliphatic rings. The van der Waals surface area contributed by atoms with Crippen molar-refractivity contribution in [1.82, 2.24) is 0 Å². The minimum atomic E-state index is -1.22. The van der Waals surface area contributed by atoms with Crippen molar-refractivity contribution < 1.29 is 24.2 Å². The van der Waals surface area contributed by atoms with Gasteiger partial charge in [-0.25, -0.2) is 14.0 Å². The van der Waals surface area contributed by atoms with Crippen LogP contribution in [-0.2, 0) is 0 Å². The summed E-state index contributed by atoms with van der Waals surface area (Å²) in [4.78, 5) is 21.2. The van der Waals surface area contributed by atoms with Crippen LogP contribution in [0.25, 0.3) is 0 Å². The van der Waals surface area contributed by atoms with E-state index in [4.69, 9.17) is 10.2 Å². The van der Waals surface area contributed by atoms with Crippen LogP contribution in [0.2, 0.25) is 0 Å². The van der Waals surface area contributed by atoms with Crippen LogP contribution >= 0.6 is 11.8 Å². The first kappa shape index (κ1) is 20.7. The lowest BCUT2D eigenvalue weighted by Crippen LogP contribution is -2.02. The summed E-state index contributed by atoms with van der Waals surface area (Å²) >= 11 is 1.22. The molecule has 23 heavy (non-hydrogen) atoms. The lowest BCUT2D eigenvalue weighted by atomic mass is 10.2. The zero-order valence-electron chi connectivity index (χ0n) is 13.1. The molecule has 2 aromatic rings. The predicted octanol–water partition coefficient (Wildman–Crippen LogP) is 4.66. The van der Waals surface area contributed by atoms with Crippen LogP contribution in [0, 0.1) is 5.82 Å². The van der Waals surface area contributed by atoms with Gasteiger partial charge in [0, 0.05) is 4.90 Å². The van der Waals surface area contributed by atoms with Gasteiger partial charge in [0.15, 0.2) is 0 Å². The Labute approximate surface area is 139 Å². The fourth-order valence-corrected chi connectivity index (χ4v) is 2.07. The van der Waals surface area contributed by atoms with Crippen LogP contribution in [0.15, 0.2) is 53.4 Å². The topological polar surface area (TPSA) is 74.6 Å². The summed E-state index contributed by atoms with van der Waals surface area (Å²) in [5, 5.41) is 17.0. The lowest BCUT2D eigenvalue weighted by Gasteiger charge is -2.02. The molecular formula is C17H19FO4S. The van der Waals surface area contributed by atoms with E-state index < -0.39 is 17.8 Å². The monoisotopic (exact) mass is 338 g/mol. The van der Waals surface area contributed by atoms with Crippen molar-refractivity contribution in [3.05, 3.63) is 65.5 Å². The smallest absolute Gasteiger partial charge is 0.339 e. The number of hydrogen-bond donors (Lipinski definition) is 2. The van der Waals surface area contributed by atoms with Gasteiger partial charge in [-0.15, -0.1) is 11.8 Å². The molecular weight excluding hydrogens is 319 g/mol. The first-order valence-corrected chi connectivity index (χ1v) is 8.04. The highest BCUT2D eigenvalue weighted by Crippen LogP contribution is 2.22. The quantitative estimate of drug-likeness (QED) is 0.796. The number of halogens is 1. The number of benzene rings is 2. The molecule has 0 aliphatic carbocycles. The van der Waals surface area contributed by atoms with Gasteiger partial charge < -0.3 is 10.2 Å². The summed E-state index contributed by atoms with van der Waals surface area (Å²) in [6, 6.07) is 12.5. The van der Waals surface area contributed by atoms with Gasteiger partial charge in [-0.2, -0.15) is 0 Å². The van der Waals surface area contributed by atoms with E-state index in [1.807, 2.05) is 13.8 Å². The third-order valence-electron chi connectivity index (χ3n) is 2.43. The van der Waals surface area contributed by atoms with Crippen LogP contribution < -0.4 is 0 Å². The summed E-state index contributed by atoms with van der Waals surface area (Å²) in [5.41, 5.74) is 0.0856. The van der Waals surface area contributed by atoms with Crippen molar-refractivity contribution >= 4 is 23.7 Å². The van der Waals surface area contributed by atoms with Gasteiger partial charge in [0.1, 0.15) is 11.4 Å². The molecule has 2 N–H and O–H groups in total. The van der Waals surface area contributed by atoms with Crippen molar-refractivity contribution in [3.63, 3.8) is 0 Å². The largest absolute Gasteiger partial charge is 0.478 e. The molecule has 0 heterocycles. The van der Waals surface area contributed by atoms with Crippen molar-refractivity contribution in [1.29, 1.82) is 0 Å². The van der Waals surface area contributed by atoms with E-state index in [0.29, 0.717) is 10.5 Å². The molecule has 0 fully saturated rings. The number of carbonyl (C=O) groups is 2. The van der Waals surface area contributed by atoms with Crippen LogP contribution in [0.4, 0.5) is 4.39 Å². The van der Waals surface area contributed by atoms with Crippen molar-refractivity contribution in [2.24, 2.45) is 0 Å². The maximum atomic E-state index is 12.9. The normalized spacial score (nSPS) is 8.87. The van der Waals surface area contributed by atoms with Gasteiger partial charge >= 0.3 is 11.9 Å². The maximum absolute atomic E-state index is 12.9. The summed E-state index contributed by atoms with van der Waals surface area (Å²) in [7, 11) is 0. The number of carboxylic acid groups (broad SMARTS) is 2. The summed E-state index contributed by atoms with van der Waals surface area (Å²) in [6.45, 7) is 4.00. The van der Waals surface area contributed by atoms with Gasteiger partial charge in [-0.1, -0.05) is 38.1 Å². The van der Waals surface area contributed by atoms with Gasteiger partial charge in [0.05, 0.1) is 5.56 Å². The van der Waals surface area contributed by atoms with E-state index in [-0.39, 0.29) is 5.56 Å². The van der Waals surface area contributed by atoms with Gasteiger partial charge in [0.2, 0.25) is 0 Å². The van der Waals surface area contributed by atoms with Crippen molar-refractivity contribution in [3.8, 4) is 0 Å². The van der Waals surface area contributed by atoms with E-state index in [2.05, 4.69) is 0 Å². The second kappa shape index (κ2) is 11.3. The zero-order chi connectivity index (χ0) is 17.8. The van der Waals surface area contributed by atoms with Gasteiger partial charge in [-0.05, 0) is 30.5 Å². The van der Waals surface area contributed by atoms with Gasteiger partial charge in [0.25, 0.3) is 0 Å². The average molecular weight is 338 g/mol. The SMILES string of the molecule is CC.CSc1cccc(F)c1C(=O)O.O=C(O)c1ccccc1. The zero-order valence-corrected chi connectivity index (χ0v) is 13.9. The molecule has 0 aromatic heterocycles. The molecule has 6 heteroatoms. The summed E-state index contributed by atoms with van der Waals surface area (Å²) in [6.07, 6.45) is 1.71. The molecule has 0 saturated heterocycles. The number of thioether (sulfide) groups is 1. The Bertz CT molecular complexity index is 630. The maximum Gasteiger partial charge on any atom is 0.339 e. The minimum absolute atomic E-state index is 0.245. The fraction of sp³-hybridized carbons (Fsp3) is 0.176. The van der Waals surface area contributed by atoms with E-state index in [1.165, 1.54) is 17.8 Å². The Kier molecular flexibility index (Phi) is 10.1. The van der Waals surface area contributed by atoms with E-state index in [9.17, 15) is 14.0 Å². The van der Waals surface area contributed by atoms with Crippen molar-refractivity contribution in [2.75, 3.05) is 6.26 Å². The number of rotatable bonds is 3. The van der Waals surface area contributed by atoms with Crippen molar-refractivity contribution in [2.45, 2.75) is 18.7 Å². The highest BCUT2D eigenvalue weighted by molar-refractivity contribution is 7.98. The molecule has 124 valence electrons. The summed E-state index contributed by atoms with van der Waals surface area (Å²) in [5.74, 6) is -2.79. The molecule has 0 aliphatic heterocycles. The third-order valence-corrected chi connectivity index (χ3v) is 3.21. The Morgan fingerprint density at radius 3 is 1.83 bits per heavy atom. The number of carboxylic acids is 2. The molecule has 0 atom stereocenters. The standard InChI is InChI=1S/C8H7FO2S.C7H6O2.C2H6/c1-12-6-4-2-3-5(9)7(6)8(10)11;8-7(9)6-4-2-1-3-5-6;1-2/h2-4H,1H3,(H,10,11);1-5H,(H,8,9);1-2H3. The molecule has 0 saturated carbocycles. The molecule has 4 nitrogen and oxygen atoms in total. The average Bonchev–Trinajstić information content (AvgIpc) is 2.57. The van der Waals surface area contributed by atoms with E-state index >= 15 is 0 Å². The molecule has 0 unspecified atom stereocenters. The lowest BCUT2D eigenvalue weighted by molar-refractivity contribution is 0.0680. The fourth-order valence-electron chi connectivity index (χ4n) is 1.46. The Hall–Kier alpha value is -2.34. The molecule has 2 aromatic carbocycles. The van der Waals surface area contributed by atoms with Crippen LogP contribution in [0.5, 0.6) is 0 Å². The second-order valence-corrected chi connectivity index (χ2v) is 4.64. The third kappa shape index (κ3) is 6.97. The predicted molar refractivity (Wildman–Crippen MR) is 89.9 cm³/mol. The van der Waals surface area contributed by atoms with Gasteiger partial charge in [-0.3, -0.25) is 0 Å². The first-order valence-electron chi connectivity index (χ1n) is 6.81. The number of aromatic carboxylic acids is 2. The van der Waals surface area contributed by atoms with E-state index in [0.717, 1.165) is 6.07 Å². The minimum Gasteiger partial charge on any atom is -0.478 e. The van der Waals surface area contributed by atoms with Crippen LogP contribution in [-0.4, -0.2) is 28.4 Å². The first-order chi connectivity index (χ1) is 11.0. The second-order valence-electron chi connectivity index (χ2n) is 3.79. The van der Waals surface area contributed by atoms with E-state index in [1.54, 1.807) is 42.7 Å². The molecule has 0 amide bonds. The van der Waals surface area contributed by atoms with Crippen LogP contribution in [0.1, 0.15) is 34.6 Å². The number of hydrogen-bond acceptors (Lipinski definition) is 3. The molecule has 0 spiro atoms. The molecule has 0 bridgehead atoms. The van der Waals surface area contributed by atoms with Crippen LogP contribution in [0.3, 0.4) is 0 Å². The highest BCUT2D eigenvalue weighted by atomic mass is 32.2. The molecule has 0 radical (unpaired) electrons. The highest BCUT2D eigenvalue weighted by Gasteiger charge is 2.14. The summed E-state index contributed by atoms with van der Waals surface area (Å²) < 4.78 is 12.9. The molecule has 2 rings (SSSR count). The Morgan fingerprint density at radius 1 is 0.913 bits per heavy atom.